The SMILES string of the molecule is C[C@@H](N)c1ccc(N(CCO)C2CCCC2)c(Cl)c1. The lowest BCUT2D eigenvalue weighted by molar-refractivity contribution is 0.297. The first-order chi connectivity index (χ1) is 9.13. The topological polar surface area (TPSA) is 49.5 Å². The third-order valence-electron chi connectivity index (χ3n) is 3.91. The second-order valence-corrected chi connectivity index (χ2v) is 5.76. The largest absolute Gasteiger partial charge is 0.395 e. The van der Waals surface area contributed by atoms with Crippen molar-refractivity contribution in [2.75, 3.05) is 18.1 Å². The van der Waals surface area contributed by atoms with Gasteiger partial charge in [-0.05, 0) is 37.5 Å². The number of anilines is 1. The number of aliphatic hydroxyl groups is 1. The molecule has 106 valence electrons. The highest BCUT2D eigenvalue weighted by molar-refractivity contribution is 6.33. The Morgan fingerprint density at radius 2 is 2.11 bits per heavy atom. The maximum atomic E-state index is 9.29. The van der Waals surface area contributed by atoms with Crippen molar-refractivity contribution >= 4 is 17.3 Å². The van der Waals surface area contributed by atoms with Gasteiger partial charge in [-0.2, -0.15) is 0 Å². The highest BCUT2D eigenvalue weighted by Gasteiger charge is 2.24. The zero-order chi connectivity index (χ0) is 13.8. The van der Waals surface area contributed by atoms with E-state index in [2.05, 4.69) is 4.90 Å². The van der Waals surface area contributed by atoms with Gasteiger partial charge in [0.25, 0.3) is 0 Å². The Bertz CT molecular complexity index is 417. The molecule has 1 aromatic carbocycles. The molecular weight excluding hydrogens is 260 g/mol. The zero-order valence-corrected chi connectivity index (χ0v) is 12.2. The van der Waals surface area contributed by atoms with Crippen molar-refractivity contribution in [3.63, 3.8) is 0 Å². The minimum absolute atomic E-state index is 0.00989. The van der Waals surface area contributed by atoms with E-state index in [1.54, 1.807) is 0 Å². The van der Waals surface area contributed by atoms with Crippen LogP contribution in [-0.2, 0) is 0 Å². The van der Waals surface area contributed by atoms with Crippen LogP contribution in [0.25, 0.3) is 0 Å². The minimum Gasteiger partial charge on any atom is -0.395 e. The van der Waals surface area contributed by atoms with Gasteiger partial charge < -0.3 is 15.7 Å². The van der Waals surface area contributed by atoms with Crippen molar-refractivity contribution in [1.29, 1.82) is 0 Å². The van der Waals surface area contributed by atoms with Crippen LogP contribution >= 0.6 is 11.6 Å². The van der Waals surface area contributed by atoms with Crippen molar-refractivity contribution in [1.82, 2.24) is 0 Å². The molecule has 0 aromatic heterocycles. The fourth-order valence-corrected chi connectivity index (χ4v) is 3.16. The molecule has 0 bridgehead atoms. The molecular formula is C15H23ClN2O. The third-order valence-corrected chi connectivity index (χ3v) is 4.22. The standard InChI is InChI=1S/C15H23ClN2O/c1-11(17)12-6-7-15(14(16)10-12)18(8-9-19)13-4-2-3-5-13/h6-7,10-11,13,19H,2-5,8-9,17H2,1H3/t11-/m1/s1. The second-order valence-electron chi connectivity index (χ2n) is 5.35. The number of halogens is 1. The van der Waals surface area contributed by atoms with Crippen molar-refractivity contribution in [3.8, 4) is 0 Å². The predicted molar refractivity (Wildman–Crippen MR) is 80.7 cm³/mol. The summed E-state index contributed by atoms with van der Waals surface area (Å²) in [7, 11) is 0. The van der Waals surface area contributed by atoms with E-state index in [1.165, 1.54) is 25.7 Å². The van der Waals surface area contributed by atoms with Crippen LogP contribution in [0.4, 0.5) is 5.69 Å². The molecule has 1 saturated carbocycles. The zero-order valence-electron chi connectivity index (χ0n) is 11.5. The van der Waals surface area contributed by atoms with Gasteiger partial charge in [0.05, 0.1) is 17.3 Å². The van der Waals surface area contributed by atoms with Gasteiger partial charge in [-0.1, -0.05) is 30.5 Å². The molecule has 0 radical (unpaired) electrons. The van der Waals surface area contributed by atoms with Gasteiger partial charge >= 0.3 is 0 Å². The summed E-state index contributed by atoms with van der Waals surface area (Å²) in [6, 6.07) is 6.51. The number of rotatable bonds is 5. The summed E-state index contributed by atoms with van der Waals surface area (Å²) in [6.45, 7) is 2.75. The quantitative estimate of drug-likeness (QED) is 0.872. The molecule has 19 heavy (non-hydrogen) atoms. The number of aliphatic hydroxyl groups excluding tert-OH is 1. The highest BCUT2D eigenvalue weighted by Crippen LogP contribution is 2.34. The van der Waals surface area contributed by atoms with Crippen LogP contribution in [0.3, 0.4) is 0 Å². The van der Waals surface area contributed by atoms with Gasteiger partial charge in [0.2, 0.25) is 0 Å². The monoisotopic (exact) mass is 282 g/mol. The first kappa shape index (κ1) is 14.6. The number of nitrogens with zero attached hydrogens (tertiary/aromatic N) is 1. The summed E-state index contributed by atoms with van der Waals surface area (Å²) in [5, 5.41) is 10.0. The van der Waals surface area contributed by atoms with Crippen molar-refractivity contribution in [3.05, 3.63) is 28.8 Å². The van der Waals surface area contributed by atoms with E-state index < -0.39 is 0 Å². The molecule has 0 heterocycles. The Hall–Kier alpha value is -0.770. The molecule has 0 amide bonds. The fraction of sp³-hybridized carbons (Fsp3) is 0.600. The summed E-state index contributed by atoms with van der Waals surface area (Å²) >= 11 is 6.40. The normalized spacial score (nSPS) is 17.7. The van der Waals surface area contributed by atoms with Crippen LogP contribution in [0.1, 0.15) is 44.2 Å². The summed E-state index contributed by atoms with van der Waals surface area (Å²) in [5.74, 6) is 0. The molecule has 0 spiro atoms. The third kappa shape index (κ3) is 3.41. The predicted octanol–water partition coefficient (Wildman–Crippen LogP) is 3.10. The lowest BCUT2D eigenvalue weighted by Crippen LogP contribution is -2.35. The lowest BCUT2D eigenvalue weighted by atomic mass is 10.1. The summed E-state index contributed by atoms with van der Waals surface area (Å²) in [4.78, 5) is 2.25. The van der Waals surface area contributed by atoms with Crippen molar-refractivity contribution in [2.24, 2.45) is 5.73 Å². The van der Waals surface area contributed by atoms with Crippen molar-refractivity contribution < 1.29 is 5.11 Å². The van der Waals surface area contributed by atoms with Gasteiger partial charge in [0.1, 0.15) is 0 Å². The Labute approximate surface area is 120 Å². The van der Waals surface area contributed by atoms with Crippen LogP contribution in [0, 0.1) is 0 Å². The molecule has 3 nitrogen and oxygen atoms in total. The summed E-state index contributed by atoms with van der Waals surface area (Å²) in [6.07, 6.45) is 4.90. The highest BCUT2D eigenvalue weighted by atomic mass is 35.5. The lowest BCUT2D eigenvalue weighted by Gasteiger charge is -2.31. The molecule has 3 N–H and O–H groups in total. The van der Waals surface area contributed by atoms with E-state index in [-0.39, 0.29) is 12.6 Å². The molecule has 2 rings (SSSR count). The summed E-state index contributed by atoms with van der Waals surface area (Å²) < 4.78 is 0. The van der Waals surface area contributed by atoms with E-state index in [1.807, 2.05) is 25.1 Å². The number of hydrogen-bond donors (Lipinski definition) is 2. The van der Waals surface area contributed by atoms with E-state index in [0.29, 0.717) is 12.6 Å². The van der Waals surface area contributed by atoms with E-state index in [0.717, 1.165) is 16.3 Å². The summed E-state index contributed by atoms with van der Waals surface area (Å²) in [5.41, 5.74) is 7.94. The first-order valence-corrected chi connectivity index (χ1v) is 7.44. The van der Waals surface area contributed by atoms with Gasteiger partial charge in [-0.25, -0.2) is 0 Å². The number of hydrogen-bond acceptors (Lipinski definition) is 3. The van der Waals surface area contributed by atoms with E-state index >= 15 is 0 Å². The smallest absolute Gasteiger partial charge is 0.0643 e. The van der Waals surface area contributed by atoms with Crippen LogP contribution in [-0.4, -0.2) is 24.3 Å². The van der Waals surface area contributed by atoms with Gasteiger partial charge in [0, 0.05) is 18.6 Å². The first-order valence-electron chi connectivity index (χ1n) is 7.06. The average molecular weight is 283 g/mol. The average Bonchev–Trinajstić information content (AvgIpc) is 2.90. The molecule has 1 atom stereocenters. The van der Waals surface area contributed by atoms with Gasteiger partial charge in [0.15, 0.2) is 0 Å². The molecule has 0 saturated heterocycles. The molecule has 1 aliphatic carbocycles. The van der Waals surface area contributed by atoms with E-state index in [9.17, 15) is 5.11 Å². The number of benzene rings is 1. The Balaban J connectivity index is 2.25. The fourth-order valence-electron chi connectivity index (χ4n) is 2.86. The van der Waals surface area contributed by atoms with E-state index in [4.69, 9.17) is 17.3 Å². The van der Waals surface area contributed by atoms with Crippen LogP contribution in [0.2, 0.25) is 5.02 Å². The molecule has 0 unspecified atom stereocenters. The number of nitrogens with two attached hydrogens (primary N) is 1. The van der Waals surface area contributed by atoms with Crippen molar-refractivity contribution in [2.45, 2.75) is 44.7 Å². The molecule has 1 aromatic rings. The Morgan fingerprint density at radius 3 is 2.63 bits per heavy atom. The van der Waals surface area contributed by atoms with Crippen LogP contribution in [0.15, 0.2) is 18.2 Å². The molecule has 1 fully saturated rings. The molecule has 0 aliphatic heterocycles. The Morgan fingerprint density at radius 1 is 1.42 bits per heavy atom. The van der Waals surface area contributed by atoms with Crippen LogP contribution < -0.4 is 10.6 Å². The maximum Gasteiger partial charge on any atom is 0.0643 e. The molecule has 4 heteroatoms. The minimum atomic E-state index is -0.00989. The molecule has 1 aliphatic rings. The van der Waals surface area contributed by atoms with Gasteiger partial charge in [-0.3, -0.25) is 0 Å². The Kier molecular flexibility index (Phi) is 5.08. The van der Waals surface area contributed by atoms with Crippen LogP contribution in [0.5, 0.6) is 0 Å². The second kappa shape index (κ2) is 6.60. The van der Waals surface area contributed by atoms with Gasteiger partial charge in [-0.15, -0.1) is 0 Å². The maximum absolute atomic E-state index is 9.29.